The van der Waals surface area contributed by atoms with Gasteiger partial charge in [-0.25, -0.2) is 4.98 Å². The van der Waals surface area contributed by atoms with Gasteiger partial charge in [0.2, 0.25) is 11.8 Å². The second-order valence-electron chi connectivity index (χ2n) is 7.30. The number of aromatic nitrogens is 1. The number of hydrogen-bond acceptors (Lipinski definition) is 6. The van der Waals surface area contributed by atoms with Crippen LogP contribution in [-0.2, 0) is 20.5 Å². The average molecular weight is 472 g/mol. The van der Waals surface area contributed by atoms with Gasteiger partial charge in [-0.2, -0.15) is 13.2 Å². The molecule has 0 N–H and O–H groups in total. The van der Waals surface area contributed by atoms with Crippen LogP contribution in [0.25, 0.3) is 11.3 Å². The summed E-state index contributed by atoms with van der Waals surface area (Å²) in [5, 5.41) is 2.02. The topological polar surface area (TPSA) is 62.7 Å². The van der Waals surface area contributed by atoms with Gasteiger partial charge >= 0.3 is 6.18 Å². The third-order valence-electron chi connectivity index (χ3n) is 5.07. The highest BCUT2D eigenvalue weighted by Crippen LogP contribution is 2.34. The number of hydrogen-bond donors (Lipinski definition) is 0. The molecule has 2 aromatic rings. The first kappa shape index (κ1) is 22.1. The second-order valence-corrected chi connectivity index (χ2v) is 9.09. The third-order valence-corrected chi connectivity index (χ3v) is 6.88. The summed E-state index contributed by atoms with van der Waals surface area (Å²) in [4.78, 5) is 32.4. The molecule has 166 valence electrons. The molecule has 2 amide bonds. The zero-order valence-electron chi connectivity index (χ0n) is 16.4. The maximum atomic E-state index is 13.1. The summed E-state index contributed by atoms with van der Waals surface area (Å²) in [5.74, 6) is 0.456. The summed E-state index contributed by atoms with van der Waals surface area (Å²) >= 11 is 2.64. The molecule has 2 saturated heterocycles. The van der Waals surface area contributed by atoms with Crippen LogP contribution in [0.15, 0.2) is 29.6 Å². The molecule has 1 aromatic heterocycles. The Morgan fingerprint density at radius 1 is 1.35 bits per heavy atom. The van der Waals surface area contributed by atoms with Gasteiger partial charge in [0, 0.05) is 17.6 Å². The first-order valence-corrected chi connectivity index (χ1v) is 11.8. The van der Waals surface area contributed by atoms with Gasteiger partial charge in [-0.3, -0.25) is 14.5 Å². The van der Waals surface area contributed by atoms with Crippen LogP contribution in [0.2, 0.25) is 0 Å². The van der Waals surface area contributed by atoms with Crippen molar-refractivity contribution in [3.63, 3.8) is 0 Å². The number of nitrogens with zero attached hydrogens (tertiary/aromatic N) is 3. The Morgan fingerprint density at radius 2 is 2.19 bits per heavy atom. The number of rotatable bonds is 6. The first-order valence-electron chi connectivity index (χ1n) is 9.72. The van der Waals surface area contributed by atoms with Crippen LogP contribution in [0.3, 0.4) is 0 Å². The quantitative estimate of drug-likeness (QED) is 0.640. The molecule has 1 aromatic carbocycles. The lowest BCUT2D eigenvalue weighted by Crippen LogP contribution is -2.44. The Bertz CT molecular complexity index is 960. The Morgan fingerprint density at radius 3 is 2.87 bits per heavy atom. The van der Waals surface area contributed by atoms with E-state index in [1.165, 1.54) is 39.0 Å². The molecule has 0 radical (unpaired) electrons. The molecule has 6 nitrogen and oxygen atoms in total. The molecule has 4 rings (SSSR count). The molecule has 1 unspecified atom stereocenters. The Balaban J connectivity index is 1.57. The number of carbonyl (C=O) groups excluding carboxylic acids is 2. The number of anilines is 1. The van der Waals surface area contributed by atoms with Crippen LogP contribution in [0.4, 0.5) is 18.3 Å². The number of ether oxygens (including phenoxy) is 1. The van der Waals surface area contributed by atoms with Crippen molar-refractivity contribution in [3.8, 4) is 11.3 Å². The number of carbonyl (C=O) groups is 2. The third kappa shape index (κ3) is 5.21. The predicted molar refractivity (Wildman–Crippen MR) is 113 cm³/mol. The van der Waals surface area contributed by atoms with E-state index in [2.05, 4.69) is 4.98 Å². The molecule has 0 aliphatic carbocycles. The molecular formula is C20H20F3N3O3S2. The van der Waals surface area contributed by atoms with Crippen molar-refractivity contribution in [1.82, 2.24) is 9.88 Å². The molecule has 31 heavy (non-hydrogen) atoms. The lowest BCUT2D eigenvalue weighted by molar-refractivity contribution is -0.137. The largest absolute Gasteiger partial charge is 0.416 e. The van der Waals surface area contributed by atoms with Gasteiger partial charge in [0.05, 0.1) is 35.5 Å². The van der Waals surface area contributed by atoms with Crippen LogP contribution in [0, 0.1) is 0 Å². The standard InChI is InChI=1S/C20H20F3N3O3S2/c21-20(22,23)14-4-1-3-13(7-14)16-10-31-19(24-16)26(8-15-5-2-6-29-15)17(27)9-25-12-30-11-18(25)28/h1,3-4,7,10,15H,2,5-6,8-9,11-12H2. The summed E-state index contributed by atoms with van der Waals surface area (Å²) in [7, 11) is 0. The molecule has 1 atom stereocenters. The molecule has 2 aliphatic rings. The number of thioether (sulfide) groups is 1. The average Bonchev–Trinajstić information content (AvgIpc) is 3.48. The lowest BCUT2D eigenvalue weighted by atomic mass is 10.1. The minimum Gasteiger partial charge on any atom is -0.376 e. The fraction of sp³-hybridized carbons (Fsp3) is 0.450. The van der Waals surface area contributed by atoms with E-state index in [9.17, 15) is 22.8 Å². The van der Waals surface area contributed by atoms with Crippen molar-refractivity contribution in [2.45, 2.75) is 25.1 Å². The van der Waals surface area contributed by atoms with E-state index in [0.29, 0.717) is 41.2 Å². The predicted octanol–water partition coefficient (Wildman–Crippen LogP) is 3.87. The van der Waals surface area contributed by atoms with Gasteiger partial charge in [0.15, 0.2) is 5.13 Å². The minimum atomic E-state index is -4.45. The molecule has 0 bridgehead atoms. The highest BCUT2D eigenvalue weighted by Gasteiger charge is 2.32. The van der Waals surface area contributed by atoms with Crippen molar-refractivity contribution < 1.29 is 27.5 Å². The molecule has 0 saturated carbocycles. The zero-order chi connectivity index (χ0) is 22.0. The van der Waals surface area contributed by atoms with Crippen molar-refractivity contribution in [3.05, 3.63) is 35.2 Å². The minimum absolute atomic E-state index is 0.0585. The van der Waals surface area contributed by atoms with Crippen LogP contribution >= 0.6 is 23.1 Å². The van der Waals surface area contributed by atoms with E-state index in [4.69, 9.17) is 4.74 Å². The number of alkyl halides is 3. The molecule has 3 heterocycles. The normalized spacial score (nSPS) is 19.3. The van der Waals surface area contributed by atoms with Gasteiger partial charge in [-0.05, 0) is 25.0 Å². The van der Waals surface area contributed by atoms with Gasteiger partial charge in [-0.1, -0.05) is 12.1 Å². The van der Waals surface area contributed by atoms with E-state index in [0.717, 1.165) is 25.0 Å². The van der Waals surface area contributed by atoms with Gasteiger partial charge < -0.3 is 9.64 Å². The number of amides is 2. The van der Waals surface area contributed by atoms with E-state index >= 15 is 0 Å². The molecule has 11 heteroatoms. The second kappa shape index (κ2) is 9.17. The molecule has 2 fully saturated rings. The highest BCUT2D eigenvalue weighted by atomic mass is 32.2. The number of benzene rings is 1. The summed E-state index contributed by atoms with van der Waals surface area (Å²) in [5.41, 5.74) is -0.0612. The van der Waals surface area contributed by atoms with Crippen LogP contribution in [0.5, 0.6) is 0 Å². The van der Waals surface area contributed by atoms with Crippen molar-refractivity contribution in [1.29, 1.82) is 0 Å². The van der Waals surface area contributed by atoms with Gasteiger partial charge in [0.1, 0.15) is 6.54 Å². The van der Waals surface area contributed by atoms with Crippen molar-refractivity contribution in [2.75, 3.05) is 36.2 Å². The number of halogens is 3. The monoisotopic (exact) mass is 471 g/mol. The van der Waals surface area contributed by atoms with E-state index in [1.54, 1.807) is 11.4 Å². The molecule has 0 spiro atoms. The summed E-state index contributed by atoms with van der Waals surface area (Å²) in [6.45, 7) is 0.863. The summed E-state index contributed by atoms with van der Waals surface area (Å²) in [6, 6.07) is 4.95. The Hall–Kier alpha value is -2.11. The van der Waals surface area contributed by atoms with E-state index in [1.807, 2.05) is 0 Å². The maximum Gasteiger partial charge on any atom is 0.416 e. The zero-order valence-corrected chi connectivity index (χ0v) is 18.1. The van der Waals surface area contributed by atoms with Crippen molar-refractivity contribution in [2.24, 2.45) is 0 Å². The lowest BCUT2D eigenvalue weighted by Gasteiger charge is -2.25. The first-order chi connectivity index (χ1) is 14.8. The van der Waals surface area contributed by atoms with Gasteiger partial charge in [-0.15, -0.1) is 23.1 Å². The summed E-state index contributed by atoms with van der Waals surface area (Å²) < 4.78 is 44.8. The van der Waals surface area contributed by atoms with Crippen molar-refractivity contribution >= 4 is 40.0 Å². The fourth-order valence-electron chi connectivity index (χ4n) is 3.44. The smallest absolute Gasteiger partial charge is 0.376 e. The van der Waals surface area contributed by atoms with E-state index < -0.39 is 11.7 Å². The van der Waals surface area contributed by atoms with E-state index in [-0.39, 0.29) is 24.5 Å². The Kier molecular flexibility index (Phi) is 6.54. The molecular weight excluding hydrogens is 451 g/mol. The van der Waals surface area contributed by atoms with Crippen LogP contribution in [-0.4, -0.2) is 59.1 Å². The summed E-state index contributed by atoms with van der Waals surface area (Å²) in [6.07, 6.45) is -2.86. The maximum absolute atomic E-state index is 13.1. The SMILES string of the molecule is O=C1CSCN1CC(=O)N(CC1CCCO1)c1nc(-c2cccc(C(F)(F)F)c2)cs1. The Labute approximate surface area is 185 Å². The van der Waals surface area contributed by atoms with Crippen LogP contribution < -0.4 is 4.90 Å². The molecule has 2 aliphatic heterocycles. The highest BCUT2D eigenvalue weighted by molar-refractivity contribution is 8.00. The fourth-order valence-corrected chi connectivity index (χ4v) is 5.21. The van der Waals surface area contributed by atoms with Gasteiger partial charge in [0.25, 0.3) is 0 Å². The van der Waals surface area contributed by atoms with Crippen LogP contribution in [0.1, 0.15) is 18.4 Å². The number of thiazole rings is 1.